The highest BCUT2D eigenvalue weighted by atomic mass is 32.2. The van der Waals surface area contributed by atoms with Crippen molar-refractivity contribution in [2.45, 2.75) is 44.2 Å². The Balaban J connectivity index is 1.76. The number of hydrogen-bond donors (Lipinski definition) is 1. The summed E-state index contributed by atoms with van der Waals surface area (Å²) < 4.78 is 33.2. The van der Waals surface area contributed by atoms with E-state index >= 15 is 0 Å². The van der Waals surface area contributed by atoms with Crippen molar-refractivity contribution in [2.24, 2.45) is 0 Å². The minimum Gasteiger partial charge on any atom is -0.381 e. The van der Waals surface area contributed by atoms with E-state index in [4.69, 9.17) is 4.74 Å². The van der Waals surface area contributed by atoms with Gasteiger partial charge in [0.25, 0.3) is 10.2 Å². The van der Waals surface area contributed by atoms with Crippen LogP contribution in [0.3, 0.4) is 0 Å². The maximum absolute atomic E-state index is 12.5. The van der Waals surface area contributed by atoms with Gasteiger partial charge >= 0.3 is 0 Å². The molecule has 1 saturated heterocycles. The first kappa shape index (κ1) is 16.2. The molecule has 2 aliphatic rings. The fourth-order valence-corrected chi connectivity index (χ4v) is 3.85. The topological polar surface area (TPSA) is 61.9 Å². The average molecular weight is 305 g/mol. The van der Waals surface area contributed by atoms with E-state index in [9.17, 15) is 8.42 Å². The lowest BCUT2D eigenvalue weighted by molar-refractivity contribution is 0.0620. The Kier molecular flexibility index (Phi) is 5.80. The van der Waals surface area contributed by atoms with Crippen LogP contribution in [0.15, 0.2) is 0 Å². The van der Waals surface area contributed by atoms with Crippen LogP contribution in [0, 0.1) is 0 Å². The van der Waals surface area contributed by atoms with Crippen molar-refractivity contribution >= 4 is 10.2 Å². The lowest BCUT2D eigenvalue weighted by Crippen LogP contribution is -2.47. The van der Waals surface area contributed by atoms with Crippen LogP contribution in [0.1, 0.15) is 32.1 Å². The number of nitrogens with one attached hydrogen (secondary N) is 1. The van der Waals surface area contributed by atoms with Crippen LogP contribution in [0.4, 0.5) is 0 Å². The van der Waals surface area contributed by atoms with Crippen LogP contribution >= 0.6 is 0 Å². The molecule has 2 rings (SSSR count). The summed E-state index contributed by atoms with van der Waals surface area (Å²) in [6.07, 6.45) is 4.95. The van der Waals surface area contributed by atoms with Crippen LogP contribution in [0.25, 0.3) is 0 Å². The summed E-state index contributed by atoms with van der Waals surface area (Å²) in [5, 5.41) is 3.40. The molecule has 1 aliphatic heterocycles. The van der Waals surface area contributed by atoms with Gasteiger partial charge in [-0.1, -0.05) is 0 Å². The predicted molar refractivity (Wildman–Crippen MR) is 78.8 cm³/mol. The van der Waals surface area contributed by atoms with Gasteiger partial charge in [-0.3, -0.25) is 0 Å². The third-order valence-corrected chi connectivity index (χ3v) is 6.12. The van der Waals surface area contributed by atoms with Gasteiger partial charge in [0.2, 0.25) is 0 Å². The molecule has 0 bridgehead atoms. The molecule has 0 aromatic heterocycles. The van der Waals surface area contributed by atoms with E-state index in [-0.39, 0.29) is 6.04 Å². The van der Waals surface area contributed by atoms with Crippen LogP contribution in [-0.4, -0.2) is 69.5 Å². The molecule has 0 spiro atoms. The number of ether oxygens (including phenoxy) is 1. The molecule has 2 fully saturated rings. The van der Waals surface area contributed by atoms with Gasteiger partial charge in [-0.15, -0.1) is 0 Å². The third kappa shape index (κ3) is 4.39. The molecular formula is C13H27N3O3S. The van der Waals surface area contributed by atoms with Gasteiger partial charge in [-0.05, 0) is 38.6 Å². The maximum atomic E-state index is 12.5. The molecular weight excluding hydrogens is 278 g/mol. The van der Waals surface area contributed by atoms with Crippen molar-refractivity contribution in [2.75, 3.05) is 40.4 Å². The third-order valence-electron chi connectivity index (χ3n) is 4.12. The van der Waals surface area contributed by atoms with E-state index in [1.54, 1.807) is 14.1 Å². The molecule has 1 heterocycles. The first-order chi connectivity index (χ1) is 9.51. The summed E-state index contributed by atoms with van der Waals surface area (Å²) in [6, 6.07) is 0.752. The average Bonchev–Trinajstić information content (AvgIpc) is 3.27. The zero-order valence-corrected chi connectivity index (χ0v) is 13.4. The highest BCUT2D eigenvalue weighted by molar-refractivity contribution is 7.86. The standard InChI is InChI=1S/C13H27N3O3S/c1-15(9-3-8-14-12-4-5-12)20(17,18)16(2)13-6-10-19-11-7-13/h12-14H,3-11H2,1-2H3. The highest BCUT2D eigenvalue weighted by Crippen LogP contribution is 2.19. The van der Waals surface area contributed by atoms with Crippen molar-refractivity contribution in [3.63, 3.8) is 0 Å². The first-order valence-corrected chi connectivity index (χ1v) is 8.92. The Labute approximate surface area is 122 Å². The van der Waals surface area contributed by atoms with Gasteiger partial charge in [0.1, 0.15) is 0 Å². The predicted octanol–water partition coefficient (Wildman–Crippen LogP) is 0.416. The normalized spacial score (nSPS) is 21.8. The summed E-state index contributed by atoms with van der Waals surface area (Å²) in [5.74, 6) is 0. The second kappa shape index (κ2) is 7.17. The Bertz CT molecular complexity index is 392. The molecule has 20 heavy (non-hydrogen) atoms. The van der Waals surface area contributed by atoms with Gasteiger partial charge in [-0.25, -0.2) is 0 Å². The minimum atomic E-state index is -3.34. The monoisotopic (exact) mass is 305 g/mol. The molecule has 118 valence electrons. The lowest BCUT2D eigenvalue weighted by atomic mass is 10.1. The fourth-order valence-electron chi connectivity index (χ4n) is 2.47. The van der Waals surface area contributed by atoms with Crippen LogP contribution in [0.2, 0.25) is 0 Å². The summed E-state index contributed by atoms with van der Waals surface area (Å²) in [5.41, 5.74) is 0. The first-order valence-electron chi connectivity index (χ1n) is 7.52. The Morgan fingerprint density at radius 3 is 2.40 bits per heavy atom. The zero-order valence-electron chi connectivity index (χ0n) is 12.5. The molecule has 0 unspecified atom stereocenters. The van der Waals surface area contributed by atoms with Crippen molar-refractivity contribution in [3.05, 3.63) is 0 Å². The maximum Gasteiger partial charge on any atom is 0.281 e. The Morgan fingerprint density at radius 2 is 1.80 bits per heavy atom. The molecule has 0 atom stereocenters. The van der Waals surface area contributed by atoms with Crippen molar-refractivity contribution in [3.8, 4) is 0 Å². The van der Waals surface area contributed by atoms with E-state index in [1.165, 1.54) is 21.5 Å². The number of nitrogens with zero attached hydrogens (tertiary/aromatic N) is 2. The van der Waals surface area contributed by atoms with E-state index in [0.29, 0.717) is 25.8 Å². The molecule has 0 amide bonds. The summed E-state index contributed by atoms with van der Waals surface area (Å²) in [6.45, 7) is 2.76. The van der Waals surface area contributed by atoms with Crippen molar-refractivity contribution in [1.82, 2.24) is 13.9 Å². The molecule has 7 heteroatoms. The summed E-state index contributed by atoms with van der Waals surface area (Å²) in [7, 11) is 0.0134. The van der Waals surface area contributed by atoms with E-state index in [1.807, 2.05) is 0 Å². The quantitative estimate of drug-likeness (QED) is 0.660. The van der Waals surface area contributed by atoms with Crippen LogP contribution in [-0.2, 0) is 14.9 Å². The lowest BCUT2D eigenvalue weighted by Gasteiger charge is -2.33. The van der Waals surface area contributed by atoms with E-state index < -0.39 is 10.2 Å². The SMILES string of the molecule is CN(CCCNC1CC1)S(=O)(=O)N(C)C1CCOCC1. The zero-order chi connectivity index (χ0) is 14.6. The van der Waals surface area contributed by atoms with E-state index in [0.717, 1.165) is 25.8 Å². The second-order valence-corrected chi connectivity index (χ2v) is 7.87. The van der Waals surface area contributed by atoms with E-state index in [2.05, 4.69) is 5.32 Å². The molecule has 1 aliphatic carbocycles. The fraction of sp³-hybridized carbons (Fsp3) is 1.00. The highest BCUT2D eigenvalue weighted by Gasteiger charge is 2.30. The Morgan fingerprint density at radius 1 is 1.15 bits per heavy atom. The molecule has 1 saturated carbocycles. The van der Waals surface area contributed by atoms with Gasteiger partial charge in [0.15, 0.2) is 0 Å². The second-order valence-electron chi connectivity index (χ2n) is 5.77. The molecule has 0 aromatic rings. The number of rotatable bonds is 8. The molecule has 6 nitrogen and oxygen atoms in total. The van der Waals surface area contributed by atoms with Gasteiger partial charge in [-0.2, -0.15) is 17.0 Å². The van der Waals surface area contributed by atoms with Crippen LogP contribution in [0.5, 0.6) is 0 Å². The molecule has 0 aromatic carbocycles. The minimum absolute atomic E-state index is 0.0702. The number of hydrogen-bond acceptors (Lipinski definition) is 4. The van der Waals surface area contributed by atoms with Gasteiger partial charge < -0.3 is 10.1 Å². The molecule has 1 N–H and O–H groups in total. The van der Waals surface area contributed by atoms with Gasteiger partial charge in [0.05, 0.1) is 0 Å². The van der Waals surface area contributed by atoms with Crippen molar-refractivity contribution in [1.29, 1.82) is 0 Å². The largest absolute Gasteiger partial charge is 0.381 e. The summed E-state index contributed by atoms with van der Waals surface area (Å²) >= 11 is 0. The van der Waals surface area contributed by atoms with Gasteiger partial charge in [0, 0.05) is 45.9 Å². The van der Waals surface area contributed by atoms with Crippen molar-refractivity contribution < 1.29 is 13.2 Å². The molecule has 0 radical (unpaired) electrons. The van der Waals surface area contributed by atoms with Crippen LogP contribution < -0.4 is 5.32 Å². The Hall–Kier alpha value is -0.210. The smallest absolute Gasteiger partial charge is 0.281 e. The summed E-state index contributed by atoms with van der Waals surface area (Å²) in [4.78, 5) is 0.